The number of nitrogens with two attached hydrogens (primary N) is 1. The maximum atomic E-state index is 12.0. The molecule has 0 aromatic heterocycles. The van der Waals surface area contributed by atoms with E-state index in [0.29, 0.717) is 19.0 Å². The standard InChI is InChI=1S/C14H19N3O/c15-9-10-1-4-13-11(7-10)8-14(18)17(13)6-5-16-12-2-3-12/h1,4,7,12,16H,2-3,5-6,8-9,15H2. The molecule has 1 amide bonds. The Labute approximate surface area is 107 Å². The van der Waals surface area contributed by atoms with Crippen LogP contribution in [0.3, 0.4) is 0 Å². The minimum Gasteiger partial charge on any atom is -0.326 e. The van der Waals surface area contributed by atoms with Crippen molar-refractivity contribution in [2.75, 3.05) is 18.0 Å². The SMILES string of the molecule is NCc1ccc2c(c1)CC(=O)N2CCNC1CC1. The molecule has 0 bridgehead atoms. The maximum absolute atomic E-state index is 12.0. The maximum Gasteiger partial charge on any atom is 0.231 e. The van der Waals surface area contributed by atoms with Crippen LogP contribution in [0.25, 0.3) is 0 Å². The van der Waals surface area contributed by atoms with Gasteiger partial charge in [0.15, 0.2) is 0 Å². The number of fused-ring (bicyclic) bond motifs is 1. The van der Waals surface area contributed by atoms with Crippen molar-refractivity contribution in [2.24, 2.45) is 5.73 Å². The topological polar surface area (TPSA) is 58.4 Å². The van der Waals surface area contributed by atoms with Crippen LogP contribution >= 0.6 is 0 Å². The van der Waals surface area contributed by atoms with E-state index >= 15 is 0 Å². The summed E-state index contributed by atoms with van der Waals surface area (Å²) in [5, 5.41) is 3.44. The molecular weight excluding hydrogens is 226 g/mol. The van der Waals surface area contributed by atoms with E-state index in [1.165, 1.54) is 12.8 Å². The Morgan fingerprint density at radius 3 is 2.94 bits per heavy atom. The second-order valence-electron chi connectivity index (χ2n) is 5.12. The van der Waals surface area contributed by atoms with Crippen LogP contribution in [-0.2, 0) is 17.8 Å². The van der Waals surface area contributed by atoms with Crippen LogP contribution in [0.2, 0.25) is 0 Å². The summed E-state index contributed by atoms with van der Waals surface area (Å²) >= 11 is 0. The van der Waals surface area contributed by atoms with Crippen LogP contribution in [-0.4, -0.2) is 25.0 Å². The summed E-state index contributed by atoms with van der Waals surface area (Å²) in [5.74, 6) is 0.205. The van der Waals surface area contributed by atoms with Gasteiger partial charge in [0.25, 0.3) is 0 Å². The Kier molecular flexibility index (Phi) is 3.06. The van der Waals surface area contributed by atoms with Gasteiger partial charge in [0.2, 0.25) is 5.91 Å². The molecule has 96 valence electrons. The molecule has 4 heteroatoms. The number of nitrogens with zero attached hydrogens (tertiary/aromatic N) is 1. The zero-order valence-electron chi connectivity index (χ0n) is 10.5. The molecule has 1 aliphatic heterocycles. The quantitative estimate of drug-likeness (QED) is 0.806. The van der Waals surface area contributed by atoms with Crippen LogP contribution in [0.1, 0.15) is 24.0 Å². The van der Waals surface area contributed by atoms with Crippen LogP contribution < -0.4 is 16.0 Å². The summed E-state index contributed by atoms with van der Waals surface area (Å²) in [7, 11) is 0. The highest BCUT2D eigenvalue weighted by molar-refractivity contribution is 6.01. The minimum absolute atomic E-state index is 0.205. The zero-order chi connectivity index (χ0) is 12.5. The molecular formula is C14H19N3O. The average molecular weight is 245 g/mol. The van der Waals surface area contributed by atoms with Crippen LogP contribution in [0.5, 0.6) is 0 Å². The van der Waals surface area contributed by atoms with Gasteiger partial charge in [-0.3, -0.25) is 4.79 Å². The van der Waals surface area contributed by atoms with E-state index in [0.717, 1.165) is 29.9 Å². The highest BCUT2D eigenvalue weighted by atomic mass is 16.2. The molecule has 1 heterocycles. The lowest BCUT2D eigenvalue weighted by molar-refractivity contribution is -0.117. The van der Waals surface area contributed by atoms with E-state index in [1.54, 1.807) is 0 Å². The van der Waals surface area contributed by atoms with Crippen LogP contribution in [0.4, 0.5) is 5.69 Å². The number of carbonyl (C=O) groups is 1. The summed E-state index contributed by atoms with van der Waals surface area (Å²) in [6.07, 6.45) is 3.08. The number of benzene rings is 1. The van der Waals surface area contributed by atoms with Crippen molar-refractivity contribution in [1.29, 1.82) is 0 Å². The lowest BCUT2D eigenvalue weighted by Gasteiger charge is -2.18. The summed E-state index contributed by atoms with van der Waals surface area (Å²) in [4.78, 5) is 13.9. The number of amides is 1. The van der Waals surface area contributed by atoms with Crippen LogP contribution in [0, 0.1) is 0 Å². The average Bonchev–Trinajstić information content (AvgIpc) is 3.14. The largest absolute Gasteiger partial charge is 0.326 e. The first-order chi connectivity index (χ1) is 8.78. The predicted molar refractivity (Wildman–Crippen MR) is 71.4 cm³/mol. The summed E-state index contributed by atoms with van der Waals surface area (Å²) in [5.41, 5.74) is 8.91. The first-order valence-electron chi connectivity index (χ1n) is 6.63. The van der Waals surface area contributed by atoms with Crippen molar-refractivity contribution in [3.8, 4) is 0 Å². The first kappa shape index (κ1) is 11.7. The van der Waals surface area contributed by atoms with Gasteiger partial charge < -0.3 is 16.0 Å². The van der Waals surface area contributed by atoms with E-state index in [1.807, 2.05) is 17.0 Å². The molecule has 3 N–H and O–H groups in total. The minimum atomic E-state index is 0.205. The van der Waals surface area contributed by atoms with Gasteiger partial charge in [-0.15, -0.1) is 0 Å². The number of anilines is 1. The van der Waals surface area contributed by atoms with Crippen molar-refractivity contribution in [2.45, 2.75) is 31.8 Å². The highest BCUT2D eigenvalue weighted by Crippen LogP contribution is 2.29. The fourth-order valence-electron chi connectivity index (χ4n) is 2.48. The normalized spacial score (nSPS) is 18.3. The molecule has 0 spiro atoms. The molecule has 1 aromatic carbocycles. The Bertz CT molecular complexity index is 468. The van der Waals surface area contributed by atoms with Crippen molar-refractivity contribution < 1.29 is 4.79 Å². The smallest absolute Gasteiger partial charge is 0.231 e. The second kappa shape index (κ2) is 4.71. The molecule has 0 radical (unpaired) electrons. The van der Waals surface area contributed by atoms with E-state index in [2.05, 4.69) is 11.4 Å². The van der Waals surface area contributed by atoms with Crippen molar-refractivity contribution >= 4 is 11.6 Å². The molecule has 3 rings (SSSR count). The van der Waals surface area contributed by atoms with E-state index in [4.69, 9.17) is 5.73 Å². The molecule has 1 fully saturated rings. The van der Waals surface area contributed by atoms with Gasteiger partial charge in [-0.1, -0.05) is 12.1 Å². The van der Waals surface area contributed by atoms with Gasteiger partial charge in [-0.25, -0.2) is 0 Å². The molecule has 0 atom stereocenters. The fraction of sp³-hybridized carbons (Fsp3) is 0.500. The van der Waals surface area contributed by atoms with Crippen molar-refractivity contribution in [3.05, 3.63) is 29.3 Å². The lowest BCUT2D eigenvalue weighted by Crippen LogP contribution is -2.35. The molecule has 1 saturated carbocycles. The third-order valence-corrected chi connectivity index (χ3v) is 3.66. The molecule has 0 saturated heterocycles. The monoisotopic (exact) mass is 245 g/mol. The van der Waals surface area contributed by atoms with Gasteiger partial charge in [-0.05, 0) is 30.0 Å². The molecule has 18 heavy (non-hydrogen) atoms. The Hall–Kier alpha value is -1.39. The van der Waals surface area contributed by atoms with E-state index in [-0.39, 0.29) is 5.91 Å². The van der Waals surface area contributed by atoms with Crippen molar-refractivity contribution in [1.82, 2.24) is 5.32 Å². The second-order valence-corrected chi connectivity index (χ2v) is 5.12. The van der Waals surface area contributed by atoms with Crippen molar-refractivity contribution in [3.63, 3.8) is 0 Å². The van der Waals surface area contributed by atoms with Gasteiger partial charge in [-0.2, -0.15) is 0 Å². The lowest BCUT2D eigenvalue weighted by atomic mass is 10.1. The molecule has 2 aliphatic rings. The Morgan fingerprint density at radius 2 is 2.22 bits per heavy atom. The number of carbonyl (C=O) groups excluding carboxylic acids is 1. The third-order valence-electron chi connectivity index (χ3n) is 3.66. The zero-order valence-corrected chi connectivity index (χ0v) is 10.5. The summed E-state index contributed by atoms with van der Waals surface area (Å²) in [6, 6.07) is 6.79. The van der Waals surface area contributed by atoms with Gasteiger partial charge in [0.1, 0.15) is 0 Å². The number of hydrogen-bond acceptors (Lipinski definition) is 3. The number of hydrogen-bond donors (Lipinski definition) is 2. The van der Waals surface area contributed by atoms with Gasteiger partial charge in [0, 0.05) is 31.4 Å². The number of nitrogens with one attached hydrogen (secondary N) is 1. The molecule has 1 aromatic rings. The predicted octanol–water partition coefficient (Wildman–Crippen LogP) is 0.786. The van der Waals surface area contributed by atoms with Crippen LogP contribution in [0.15, 0.2) is 18.2 Å². The van der Waals surface area contributed by atoms with E-state index < -0.39 is 0 Å². The highest BCUT2D eigenvalue weighted by Gasteiger charge is 2.27. The molecule has 4 nitrogen and oxygen atoms in total. The fourth-order valence-corrected chi connectivity index (χ4v) is 2.48. The third kappa shape index (κ3) is 2.26. The van der Waals surface area contributed by atoms with Gasteiger partial charge >= 0.3 is 0 Å². The Morgan fingerprint density at radius 1 is 1.39 bits per heavy atom. The number of rotatable bonds is 5. The van der Waals surface area contributed by atoms with E-state index in [9.17, 15) is 4.79 Å². The van der Waals surface area contributed by atoms with Gasteiger partial charge in [0.05, 0.1) is 6.42 Å². The Balaban J connectivity index is 1.69. The summed E-state index contributed by atoms with van der Waals surface area (Å²) in [6.45, 7) is 2.18. The summed E-state index contributed by atoms with van der Waals surface area (Å²) < 4.78 is 0. The first-order valence-corrected chi connectivity index (χ1v) is 6.63. The molecule has 1 aliphatic carbocycles. The molecule has 0 unspecified atom stereocenters.